The summed E-state index contributed by atoms with van der Waals surface area (Å²) in [4.78, 5) is 0. The fourth-order valence-corrected chi connectivity index (χ4v) is 1.82. The number of nitrogens with one attached hydrogen (secondary N) is 1. The molecule has 1 aliphatic rings. The van der Waals surface area contributed by atoms with Gasteiger partial charge >= 0.3 is 0 Å². The highest BCUT2D eigenvalue weighted by molar-refractivity contribution is 5.07. The first kappa shape index (κ1) is 11.6. The Kier molecular flexibility index (Phi) is 3.93. The van der Waals surface area contributed by atoms with Gasteiger partial charge in [-0.05, 0) is 13.0 Å². The summed E-state index contributed by atoms with van der Waals surface area (Å²) in [6.45, 7) is 5.81. The number of aryl methyl sites for hydroxylation is 2. The lowest BCUT2D eigenvalue weighted by Crippen LogP contribution is -2.40. The molecular weight excluding hydrogens is 206 g/mol. The van der Waals surface area contributed by atoms with E-state index in [9.17, 15) is 0 Å². The normalized spacial score (nSPS) is 21.2. The molecule has 0 spiro atoms. The van der Waals surface area contributed by atoms with Crippen molar-refractivity contribution >= 4 is 0 Å². The van der Waals surface area contributed by atoms with Crippen LogP contribution >= 0.6 is 0 Å². The lowest BCUT2D eigenvalue weighted by atomic mass is 10.3. The van der Waals surface area contributed by atoms with E-state index in [0.29, 0.717) is 13.2 Å². The van der Waals surface area contributed by atoms with Gasteiger partial charge in [0.25, 0.3) is 0 Å². The Bertz CT molecular complexity index is 332. The lowest BCUT2D eigenvalue weighted by molar-refractivity contribution is -0.0367. The molecular formula is C11H19N3O2. The van der Waals surface area contributed by atoms with Crippen molar-refractivity contribution in [3.63, 3.8) is 0 Å². The Morgan fingerprint density at radius 3 is 3.19 bits per heavy atom. The number of hydrogen-bond acceptors (Lipinski definition) is 4. The van der Waals surface area contributed by atoms with Crippen LogP contribution in [0.2, 0.25) is 0 Å². The van der Waals surface area contributed by atoms with E-state index in [0.717, 1.165) is 31.1 Å². The van der Waals surface area contributed by atoms with Crippen molar-refractivity contribution in [1.82, 2.24) is 15.1 Å². The summed E-state index contributed by atoms with van der Waals surface area (Å²) in [7, 11) is 1.93. The van der Waals surface area contributed by atoms with Gasteiger partial charge < -0.3 is 14.8 Å². The van der Waals surface area contributed by atoms with Crippen molar-refractivity contribution in [2.75, 3.05) is 26.3 Å². The first-order valence-electron chi connectivity index (χ1n) is 5.65. The van der Waals surface area contributed by atoms with Crippen LogP contribution in [0.3, 0.4) is 0 Å². The number of hydrogen-bond donors (Lipinski definition) is 1. The zero-order valence-corrected chi connectivity index (χ0v) is 9.90. The van der Waals surface area contributed by atoms with E-state index >= 15 is 0 Å². The monoisotopic (exact) mass is 225 g/mol. The first-order valence-corrected chi connectivity index (χ1v) is 5.65. The second-order valence-electron chi connectivity index (χ2n) is 4.11. The summed E-state index contributed by atoms with van der Waals surface area (Å²) in [6.07, 6.45) is 0.183. The van der Waals surface area contributed by atoms with E-state index in [-0.39, 0.29) is 6.10 Å². The molecule has 1 aliphatic heterocycles. The van der Waals surface area contributed by atoms with Gasteiger partial charge in [0.1, 0.15) is 0 Å². The van der Waals surface area contributed by atoms with E-state index in [1.165, 1.54) is 0 Å². The predicted octanol–water partition coefficient (Wildman–Crippen LogP) is 0.234. The van der Waals surface area contributed by atoms with E-state index in [1.807, 2.05) is 24.7 Å². The fraction of sp³-hybridized carbons (Fsp3) is 0.727. The molecule has 2 heterocycles. The Hall–Kier alpha value is -0.910. The zero-order chi connectivity index (χ0) is 11.4. The van der Waals surface area contributed by atoms with E-state index in [2.05, 4.69) is 10.4 Å². The highest BCUT2D eigenvalue weighted by Crippen LogP contribution is 2.05. The van der Waals surface area contributed by atoms with Crippen LogP contribution in [-0.2, 0) is 23.1 Å². The van der Waals surface area contributed by atoms with Gasteiger partial charge in [0.15, 0.2) is 0 Å². The molecule has 0 aliphatic carbocycles. The van der Waals surface area contributed by atoms with Crippen LogP contribution in [0.1, 0.15) is 11.4 Å². The van der Waals surface area contributed by atoms with E-state index in [4.69, 9.17) is 9.47 Å². The third-order valence-corrected chi connectivity index (χ3v) is 2.66. The number of nitrogens with zero attached hydrogens (tertiary/aromatic N) is 2. The maximum absolute atomic E-state index is 5.63. The lowest BCUT2D eigenvalue weighted by Gasteiger charge is -2.23. The topological polar surface area (TPSA) is 48.3 Å². The molecule has 0 aromatic carbocycles. The predicted molar refractivity (Wildman–Crippen MR) is 60.2 cm³/mol. The molecule has 1 unspecified atom stereocenters. The molecule has 0 saturated carbocycles. The molecule has 90 valence electrons. The van der Waals surface area contributed by atoms with Crippen LogP contribution in [0.4, 0.5) is 0 Å². The third-order valence-electron chi connectivity index (χ3n) is 2.66. The van der Waals surface area contributed by atoms with Gasteiger partial charge in [0.2, 0.25) is 0 Å². The molecule has 0 bridgehead atoms. The number of ether oxygens (including phenoxy) is 2. The summed E-state index contributed by atoms with van der Waals surface area (Å²) in [6, 6.07) is 2.04. The molecule has 5 nitrogen and oxygen atoms in total. The quantitative estimate of drug-likeness (QED) is 0.797. The Morgan fingerprint density at radius 1 is 1.69 bits per heavy atom. The van der Waals surface area contributed by atoms with Gasteiger partial charge in [-0.1, -0.05) is 0 Å². The molecule has 2 rings (SSSR count). The van der Waals surface area contributed by atoms with Crippen LogP contribution in [0, 0.1) is 6.92 Å². The molecule has 1 N–H and O–H groups in total. The standard InChI is InChI=1S/C11H19N3O2/c1-9-5-10(14(2)13-9)7-15-8-11-6-12-3-4-16-11/h5,11-12H,3-4,6-8H2,1-2H3. The summed E-state index contributed by atoms with van der Waals surface area (Å²) in [5, 5.41) is 7.55. The van der Waals surface area contributed by atoms with E-state index < -0.39 is 0 Å². The number of rotatable bonds is 4. The Balaban J connectivity index is 1.73. The first-order chi connectivity index (χ1) is 7.75. The second-order valence-corrected chi connectivity index (χ2v) is 4.11. The fourth-order valence-electron chi connectivity index (χ4n) is 1.82. The maximum Gasteiger partial charge on any atom is 0.0933 e. The third kappa shape index (κ3) is 3.04. The maximum atomic E-state index is 5.63. The van der Waals surface area contributed by atoms with Crippen LogP contribution in [0.25, 0.3) is 0 Å². The number of morpholine rings is 1. The molecule has 5 heteroatoms. The minimum Gasteiger partial charge on any atom is -0.373 e. The largest absolute Gasteiger partial charge is 0.373 e. The second kappa shape index (κ2) is 5.43. The molecule has 0 amide bonds. The summed E-state index contributed by atoms with van der Waals surface area (Å²) >= 11 is 0. The van der Waals surface area contributed by atoms with Crippen LogP contribution < -0.4 is 5.32 Å². The molecule has 16 heavy (non-hydrogen) atoms. The van der Waals surface area contributed by atoms with Gasteiger partial charge in [0, 0.05) is 20.1 Å². The average Bonchev–Trinajstić information content (AvgIpc) is 2.59. The van der Waals surface area contributed by atoms with Crippen molar-refractivity contribution in [1.29, 1.82) is 0 Å². The highest BCUT2D eigenvalue weighted by atomic mass is 16.5. The molecule has 1 aromatic rings. The van der Waals surface area contributed by atoms with Gasteiger partial charge in [-0.2, -0.15) is 5.10 Å². The molecule has 1 saturated heterocycles. The SMILES string of the molecule is Cc1cc(COCC2CNCCO2)n(C)n1. The van der Waals surface area contributed by atoms with Gasteiger partial charge in [-0.3, -0.25) is 4.68 Å². The summed E-state index contributed by atoms with van der Waals surface area (Å²) < 4.78 is 13.0. The minimum atomic E-state index is 0.183. The molecule has 1 fully saturated rings. The smallest absolute Gasteiger partial charge is 0.0933 e. The molecule has 1 aromatic heterocycles. The van der Waals surface area contributed by atoms with Gasteiger partial charge in [-0.25, -0.2) is 0 Å². The van der Waals surface area contributed by atoms with Crippen LogP contribution in [0.5, 0.6) is 0 Å². The Labute approximate surface area is 95.7 Å². The van der Waals surface area contributed by atoms with Crippen LogP contribution in [-0.4, -0.2) is 42.2 Å². The zero-order valence-electron chi connectivity index (χ0n) is 9.90. The van der Waals surface area contributed by atoms with E-state index in [1.54, 1.807) is 0 Å². The van der Waals surface area contributed by atoms with Gasteiger partial charge in [0.05, 0.1) is 37.3 Å². The average molecular weight is 225 g/mol. The highest BCUT2D eigenvalue weighted by Gasteiger charge is 2.13. The minimum absolute atomic E-state index is 0.183. The van der Waals surface area contributed by atoms with Crippen molar-refractivity contribution in [2.24, 2.45) is 7.05 Å². The number of aromatic nitrogens is 2. The van der Waals surface area contributed by atoms with Crippen LogP contribution in [0.15, 0.2) is 6.07 Å². The van der Waals surface area contributed by atoms with Gasteiger partial charge in [-0.15, -0.1) is 0 Å². The van der Waals surface area contributed by atoms with Crippen molar-refractivity contribution < 1.29 is 9.47 Å². The van der Waals surface area contributed by atoms with Crippen molar-refractivity contribution in [2.45, 2.75) is 19.6 Å². The van der Waals surface area contributed by atoms with Crippen molar-refractivity contribution in [3.05, 3.63) is 17.5 Å². The Morgan fingerprint density at radius 2 is 2.56 bits per heavy atom. The summed E-state index contributed by atoms with van der Waals surface area (Å²) in [5.41, 5.74) is 2.12. The van der Waals surface area contributed by atoms with Crippen molar-refractivity contribution in [3.8, 4) is 0 Å². The summed E-state index contributed by atoms with van der Waals surface area (Å²) in [5.74, 6) is 0. The molecule has 0 radical (unpaired) electrons. The molecule has 1 atom stereocenters.